The van der Waals surface area contributed by atoms with Gasteiger partial charge in [0, 0.05) is 37.2 Å². The Balaban J connectivity index is 1.65. The van der Waals surface area contributed by atoms with Crippen LogP contribution in [-0.4, -0.2) is 34.2 Å². The smallest absolute Gasteiger partial charge is 0.369 e. The summed E-state index contributed by atoms with van der Waals surface area (Å²) in [5.74, 6) is -0.0260. The molecule has 4 rings (SSSR count). The third-order valence-electron chi connectivity index (χ3n) is 4.68. The molecule has 0 atom stereocenters. The minimum absolute atomic E-state index is 0.000100. The highest BCUT2D eigenvalue weighted by Gasteiger charge is 2.39. The van der Waals surface area contributed by atoms with Crippen molar-refractivity contribution >= 4 is 23.1 Å². The van der Waals surface area contributed by atoms with Gasteiger partial charge >= 0.3 is 6.18 Å². The number of rotatable bonds is 4. The van der Waals surface area contributed by atoms with Crippen molar-refractivity contribution in [3.8, 4) is 0 Å². The molecule has 0 unspecified atom stereocenters. The molecule has 10 heteroatoms. The highest BCUT2D eigenvalue weighted by molar-refractivity contribution is 6.29. The monoisotopic (exact) mass is 399 g/mol. The number of aromatic nitrogens is 3. The maximum absolute atomic E-state index is 13.2. The molecule has 0 bridgehead atoms. The van der Waals surface area contributed by atoms with Crippen LogP contribution in [0, 0.1) is 5.82 Å². The number of fused-ring (bicyclic) bond motifs is 1. The van der Waals surface area contributed by atoms with Crippen molar-refractivity contribution in [2.45, 2.75) is 11.6 Å². The van der Waals surface area contributed by atoms with Crippen molar-refractivity contribution in [3.05, 3.63) is 58.6 Å². The minimum Gasteiger partial charge on any atom is -0.369 e. The standard InChI is InChI=1S/C17H14ClF4N5/c18-13-6-14(27-15(25-13)5-12(26-27)17(20,21)22)24-9-16(7-23-8-16)10-1-3-11(19)4-2-10/h1-6,23-24H,7-9H2. The highest BCUT2D eigenvalue weighted by atomic mass is 35.5. The Labute approximate surface area is 156 Å². The fourth-order valence-electron chi connectivity index (χ4n) is 3.13. The maximum Gasteiger partial charge on any atom is 0.435 e. The van der Waals surface area contributed by atoms with E-state index in [9.17, 15) is 17.6 Å². The van der Waals surface area contributed by atoms with Crippen LogP contribution in [0.3, 0.4) is 0 Å². The predicted octanol–water partition coefficient (Wildman–Crippen LogP) is 3.49. The summed E-state index contributed by atoms with van der Waals surface area (Å²) in [4.78, 5) is 3.89. The summed E-state index contributed by atoms with van der Waals surface area (Å²) in [7, 11) is 0. The van der Waals surface area contributed by atoms with Crippen molar-refractivity contribution in [3.63, 3.8) is 0 Å². The van der Waals surface area contributed by atoms with Crippen LogP contribution in [0.1, 0.15) is 11.3 Å². The summed E-state index contributed by atoms with van der Waals surface area (Å²) < 4.78 is 53.2. The Morgan fingerprint density at radius 1 is 1.19 bits per heavy atom. The Hall–Kier alpha value is -2.39. The van der Waals surface area contributed by atoms with E-state index in [1.165, 1.54) is 18.2 Å². The molecule has 0 spiro atoms. The van der Waals surface area contributed by atoms with Crippen molar-refractivity contribution in [2.75, 3.05) is 25.0 Å². The van der Waals surface area contributed by atoms with Crippen LogP contribution in [0.2, 0.25) is 5.15 Å². The highest BCUT2D eigenvalue weighted by Crippen LogP contribution is 2.32. The number of hydrogen-bond donors (Lipinski definition) is 2. The average Bonchev–Trinajstić information content (AvgIpc) is 2.99. The van der Waals surface area contributed by atoms with E-state index in [0.717, 1.165) is 16.1 Å². The van der Waals surface area contributed by atoms with Gasteiger partial charge in [0.2, 0.25) is 0 Å². The van der Waals surface area contributed by atoms with Gasteiger partial charge in [0.15, 0.2) is 11.3 Å². The Kier molecular flexibility index (Phi) is 4.23. The molecule has 1 saturated heterocycles. The van der Waals surface area contributed by atoms with E-state index in [2.05, 4.69) is 20.7 Å². The fraction of sp³-hybridized carbons (Fsp3) is 0.294. The van der Waals surface area contributed by atoms with Crippen molar-refractivity contribution < 1.29 is 17.6 Å². The first-order chi connectivity index (χ1) is 12.8. The van der Waals surface area contributed by atoms with Gasteiger partial charge in [0.1, 0.15) is 16.8 Å². The summed E-state index contributed by atoms with van der Waals surface area (Å²) in [6.07, 6.45) is -4.58. The molecule has 0 saturated carbocycles. The number of nitrogens with one attached hydrogen (secondary N) is 2. The number of benzene rings is 1. The Bertz CT molecular complexity index is 979. The van der Waals surface area contributed by atoms with Gasteiger partial charge in [0.25, 0.3) is 0 Å². The zero-order chi connectivity index (χ0) is 19.2. The summed E-state index contributed by atoms with van der Waals surface area (Å²) >= 11 is 5.95. The summed E-state index contributed by atoms with van der Waals surface area (Å²) in [5.41, 5.74) is -0.419. The predicted molar refractivity (Wildman–Crippen MR) is 92.4 cm³/mol. The van der Waals surface area contributed by atoms with Crippen molar-refractivity contribution in [1.82, 2.24) is 19.9 Å². The third-order valence-corrected chi connectivity index (χ3v) is 4.87. The van der Waals surface area contributed by atoms with Crippen LogP contribution in [0.5, 0.6) is 0 Å². The SMILES string of the molecule is Fc1ccc(C2(CNc3cc(Cl)nc4cc(C(F)(F)F)nn34)CNC2)cc1. The lowest BCUT2D eigenvalue weighted by atomic mass is 9.75. The van der Waals surface area contributed by atoms with Crippen LogP contribution in [-0.2, 0) is 11.6 Å². The zero-order valence-electron chi connectivity index (χ0n) is 13.8. The molecule has 2 aromatic heterocycles. The van der Waals surface area contributed by atoms with E-state index in [-0.39, 0.29) is 22.0 Å². The minimum atomic E-state index is -4.58. The number of nitrogens with zero attached hydrogens (tertiary/aromatic N) is 3. The third kappa shape index (κ3) is 3.32. The second-order valence-corrected chi connectivity index (χ2v) is 6.89. The van der Waals surface area contributed by atoms with Gasteiger partial charge in [-0.25, -0.2) is 9.37 Å². The van der Waals surface area contributed by atoms with E-state index in [0.29, 0.717) is 25.5 Å². The molecule has 5 nitrogen and oxygen atoms in total. The van der Waals surface area contributed by atoms with Crippen LogP contribution in [0.25, 0.3) is 5.65 Å². The number of alkyl halides is 3. The second-order valence-electron chi connectivity index (χ2n) is 6.51. The van der Waals surface area contributed by atoms with Gasteiger partial charge in [-0.3, -0.25) is 0 Å². The lowest BCUT2D eigenvalue weighted by Crippen LogP contribution is -2.60. The van der Waals surface area contributed by atoms with Crippen LogP contribution >= 0.6 is 11.6 Å². The van der Waals surface area contributed by atoms with Crippen molar-refractivity contribution in [1.29, 1.82) is 0 Å². The topological polar surface area (TPSA) is 54.2 Å². The normalized spacial score (nSPS) is 16.3. The quantitative estimate of drug-likeness (QED) is 0.521. The van der Waals surface area contributed by atoms with Crippen LogP contribution < -0.4 is 10.6 Å². The molecule has 2 N–H and O–H groups in total. The molecule has 1 fully saturated rings. The molecule has 1 aliphatic rings. The molecule has 3 aromatic rings. The average molecular weight is 400 g/mol. The van der Waals surface area contributed by atoms with Crippen LogP contribution in [0.4, 0.5) is 23.4 Å². The maximum atomic E-state index is 13.2. The molecule has 0 aliphatic carbocycles. The van der Waals surface area contributed by atoms with E-state index >= 15 is 0 Å². The molecular formula is C17H14ClF4N5. The van der Waals surface area contributed by atoms with Crippen LogP contribution in [0.15, 0.2) is 36.4 Å². The lowest BCUT2D eigenvalue weighted by Gasteiger charge is -2.43. The van der Waals surface area contributed by atoms with Gasteiger partial charge in [-0.1, -0.05) is 23.7 Å². The van der Waals surface area contributed by atoms with Gasteiger partial charge in [-0.05, 0) is 17.7 Å². The van der Waals surface area contributed by atoms with E-state index in [1.807, 2.05) is 0 Å². The number of anilines is 1. The molecule has 142 valence electrons. The second kappa shape index (κ2) is 6.35. The van der Waals surface area contributed by atoms with Gasteiger partial charge in [0.05, 0.1) is 0 Å². The first kappa shape index (κ1) is 18.0. The molecule has 1 aliphatic heterocycles. The first-order valence-electron chi connectivity index (χ1n) is 8.11. The van der Waals surface area contributed by atoms with Crippen molar-refractivity contribution in [2.24, 2.45) is 0 Å². The first-order valence-corrected chi connectivity index (χ1v) is 8.49. The van der Waals surface area contributed by atoms with Gasteiger partial charge in [-0.2, -0.15) is 22.8 Å². The Morgan fingerprint density at radius 3 is 2.48 bits per heavy atom. The van der Waals surface area contributed by atoms with E-state index in [1.54, 1.807) is 12.1 Å². The Morgan fingerprint density at radius 2 is 1.89 bits per heavy atom. The fourth-order valence-corrected chi connectivity index (χ4v) is 3.32. The molecule has 3 heterocycles. The number of hydrogen-bond acceptors (Lipinski definition) is 4. The molecule has 0 amide bonds. The number of halogens is 5. The molecule has 1 aromatic carbocycles. The van der Waals surface area contributed by atoms with Gasteiger partial charge in [-0.15, -0.1) is 0 Å². The lowest BCUT2D eigenvalue weighted by molar-refractivity contribution is -0.141. The molecule has 0 radical (unpaired) electrons. The molecule has 27 heavy (non-hydrogen) atoms. The summed E-state index contributed by atoms with van der Waals surface area (Å²) in [5, 5.41) is 9.96. The molecular weight excluding hydrogens is 386 g/mol. The zero-order valence-corrected chi connectivity index (χ0v) is 14.6. The largest absolute Gasteiger partial charge is 0.435 e. The van der Waals surface area contributed by atoms with E-state index < -0.39 is 11.9 Å². The summed E-state index contributed by atoms with van der Waals surface area (Å²) in [6.45, 7) is 1.71. The van der Waals surface area contributed by atoms with E-state index in [4.69, 9.17) is 11.6 Å². The van der Waals surface area contributed by atoms with Gasteiger partial charge < -0.3 is 10.6 Å². The summed E-state index contributed by atoms with van der Waals surface area (Å²) in [6, 6.07) is 8.47.